The summed E-state index contributed by atoms with van der Waals surface area (Å²) in [5.74, 6) is -0.408. The molecular formula is C35H35F2N7OS. The molecule has 1 saturated carbocycles. The summed E-state index contributed by atoms with van der Waals surface area (Å²) in [5, 5.41) is 14.9. The Morgan fingerprint density at radius 2 is 2.09 bits per heavy atom. The first-order valence-electron chi connectivity index (χ1n) is 16.3. The number of nitrogens with one attached hydrogen (secondary N) is 1. The predicted molar refractivity (Wildman–Crippen MR) is 176 cm³/mol. The molecule has 8 nitrogen and oxygen atoms in total. The second kappa shape index (κ2) is 10.1. The number of aromatic nitrogens is 2. The van der Waals surface area contributed by atoms with E-state index in [-0.39, 0.29) is 39.3 Å². The highest BCUT2D eigenvalue weighted by Crippen LogP contribution is 2.49. The van der Waals surface area contributed by atoms with Gasteiger partial charge in [-0.3, -0.25) is 4.90 Å². The molecule has 9 rings (SSSR count). The van der Waals surface area contributed by atoms with E-state index in [0.29, 0.717) is 51.4 Å². The van der Waals surface area contributed by atoms with E-state index < -0.39 is 11.6 Å². The van der Waals surface area contributed by atoms with Crippen LogP contribution >= 0.6 is 11.3 Å². The van der Waals surface area contributed by atoms with Crippen molar-refractivity contribution in [3.63, 3.8) is 0 Å². The third kappa shape index (κ3) is 4.19. The summed E-state index contributed by atoms with van der Waals surface area (Å²) in [6, 6.07) is 9.05. The number of rotatable bonds is 6. The van der Waals surface area contributed by atoms with Gasteiger partial charge in [0.15, 0.2) is 5.82 Å². The van der Waals surface area contributed by atoms with Gasteiger partial charge in [-0.25, -0.2) is 8.78 Å². The molecule has 6 heterocycles. The van der Waals surface area contributed by atoms with E-state index in [9.17, 15) is 5.26 Å². The van der Waals surface area contributed by atoms with Gasteiger partial charge in [-0.2, -0.15) is 15.2 Å². The fourth-order valence-electron chi connectivity index (χ4n) is 9.01. The number of piperazine rings is 1. The van der Waals surface area contributed by atoms with Gasteiger partial charge in [-0.15, -0.1) is 11.3 Å². The maximum Gasteiger partial charge on any atom is 0.319 e. The lowest BCUT2D eigenvalue weighted by molar-refractivity contribution is 0.108. The van der Waals surface area contributed by atoms with Gasteiger partial charge in [-0.05, 0) is 75.1 Å². The van der Waals surface area contributed by atoms with Crippen LogP contribution in [-0.2, 0) is 0 Å². The van der Waals surface area contributed by atoms with Crippen LogP contribution in [0.4, 0.5) is 19.6 Å². The molecule has 2 aromatic heterocycles. The summed E-state index contributed by atoms with van der Waals surface area (Å²) in [4.78, 5) is 14.2. The molecule has 0 unspecified atom stereocenters. The Labute approximate surface area is 269 Å². The highest BCUT2D eigenvalue weighted by Gasteiger charge is 2.53. The Hall–Kier alpha value is -3.85. The number of fused-ring (bicyclic) bond motifs is 5. The molecule has 0 amide bonds. The van der Waals surface area contributed by atoms with E-state index >= 15 is 8.78 Å². The number of nitrogens with two attached hydrogens (primary N) is 1. The van der Waals surface area contributed by atoms with Gasteiger partial charge >= 0.3 is 6.01 Å². The van der Waals surface area contributed by atoms with Gasteiger partial charge in [0, 0.05) is 46.7 Å². The molecule has 2 aromatic carbocycles. The van der Waals surface area contributed by atoms with Crippen LogP contribution in [0.1, 0.15) is 50.5 Å². The van der Waals surface area contributed by atoms with Gasteiger partial charge in [0.05, 0.1) is 16.7 Å². The third-order valence-electron chi connectivity index (χ3n) is 11.2. The lowest BCUT2D eigenvalue weighted by Gasteiger charge is -2.42. The Bertz CT molecular complexity index is 2000. The largest absolute Gasteiger partial charge is 0.461 e. The first-order chi connectivity index (χ1) is 22.3. The maximum absolute atomic E-state index is 17.0. The van der Waals surface area contributed by atoms with Crippen molar-refractivity contribution in [3.8, 4) is 23.2 Å². The van der Waals surface area contributed by atoms with Gasteiger partial charge < -0.3 is 20.7 Å². The van der Waals surface area contributed by atoms with Crippen LogP contribution in [0.3, 0.4) is 0 Å². The van der Waals surface area contributed by atoms with Gasteiger partial charge in [0.1, 0.15) is 34.8 Å². The number of nitrogens with zero attached hydrogens (tertiary/aromatic N) is 5. The van der Waals surface area contributed by atoms with E-state index in [1.54, 1.807) is 12.1 Å². The predicted octanol–water partition coefficient (Wildman–Crippen LogP) is 6.14. The number of benzene rings is 2. The molecule has 4 saturated heterocycles. The summed E-state index contributed by atoms with van der Waals surface area (Å²) in [6.07, 6.45) is 7.51. The second-order valence-electron chi connectivity index (χ2n) is 14.1. The van der Waals surface area contributed by atoms with Crippen LogP contribution in [0.2, 0.25) is 0 Å². The molecule has 4 aliphatic heterocycles. The number of nitriles is 1. The standard InChI is InChI=1S/C35H35F2N7OS/c1-19-13-34(9-3-11-44(34)15-19)18-45-33-40-30-23(32(41-33)43-16-21-8-10-35(17-43,42-21)20-6-7-20)12-25(36)28(29(30)37)22-4-2-5-26-27(22)24(14-38)31(39)46-26/h2,4-5,12,20-21,42H,1,3,6-11,13,15-18,39H2/t21-,34-,35+/m0/s1. The van der Waals surface area contributed by atoms with Crippen LogP contribution in [0, 0.1) is 28.9 Å². The molecule has 3 N–H and O–H groups in total. The minimum atomic E-state index is -0.797. The first kappa shape index (κ1) is 28.4. The number of anilines is 2. The summed E-state index contributed by atoms with van der Waals surface area (Å²) in [5.41, 5.74) is 7.45. The normalized spacial score (nSPS) is 27.5. The Morgan fingerprint density at radius 1 is 1.22 bits per heavy atom. The zero-order valence-corrected chi connectivity index (χ0v) is 26.4. The van der Waals surface area contributed by atoms with Crippen LogP contribution < -0.4 is 20.7 Å². The van der Waals surface area contributed by atoms with Crippen LogP contribution in [0.5, 0.6) is 6.01 Å². The van der Waals surface area contributed by atoms with Crippen molar-refractivity contribution in [3.05, 3.63) is 53.6 Å². The van der Waals surface area contributed by atoms with E-state index in [2.05, 4.69) is 32.7 Å². The molecule has 5 aliphatic rings. The lowest BCUT2D eigenvalue weighted by atomic mass is 9.90. The number of thiophene rings is 1. The molecular weight excluding hydrogens is 604 g/mol. The van der Waals surface area contributed by atoms with Crippen LogP contribution in [-0.4, -0.2) is 64.8 Å². The van der Waals surface area contributed by atoms with Crippen molar-refractivity contribution >= 4 is 43.1 Å². The smallest absolute Gasteiger partial charge is 0.319 e. The average molecular weight is 640 g/mol. The number of ether oxygens (including phenoxy) is 1. The molecule has 0 radical (unpaired) electrons. The van der Waals surface area contributed by atoms with Crippen LogP contribution in [0.25, 0.3) is 32.1 Å². The minimum absolute atomic E-state index is 0.00597. The van der Waals surface area contributed by atoms with Crippen molar-refractivity contribution in [1.29, 1.82) is 5.26 Å². The molecule has 0 spiro atoms. The molecule has 4 aromatic rings. The molecule has 2 bridgehead atoms. The number of hydrogen-bond acceptors (Lipinski definition) is 9. The fourth-order valence-corrected chi connectivity index (χ4v) is 9.96. The van der Waals surface area contributed by atoms with E-state index in [1.807, 2.05) is 6.07 Å². The van der Waals surface area contributed by atoms with Crippen molar-refractivity contribution in [2.75, 3.05) is 43.4 Å². The lowest BCUT2D eigenvalue weighted by Crippen LogP contribution is -2.61. The number of nitrogen functional groups attached to an aromatic ring is 1. The van der Waals surface area contributed by atoms with E-state index in [4.69, 9.17) is 15.5 Å². The Morgan fingerprint density at radius 3 is 2.91 bits per heavy atom. The van der Waals surface area contributed by atoms with E-state index in [1.165, 1.54) is 35.8 Å². The number of hydrogen-bond donors (Lipinski definition) is 2. The van der Waals surface area contributed by atoms with Gasteiger partial charge in [-0.1, -0.05) is 24.3 Å². The molecule has 3 atom stereocenters. The molecule has 11 heteroatoms. The number of halogens is 2. The average Bonchev–Trinajstić information content (AvgIpc) is 3.54. The SMILES string of the molecule is C=C1CN2CCC[C@@]2(COc2nc(N3C[C@@H]4CC[C@](C5CC5)(C3)N4)c3cc(F)c(-c4cccc5sc(N)c(C#N)c45)c(F)c3n2)C1. The molecule has 1 aliphatic carbocycles. The van der Waals surface area contributed by atoms with Crippen molar-refractivity contribution in [2.45, 2.75) is 62.1 Å². The summed E-state index contributed by atoms with van der Waals surface area (Å²) < 4.78 is 40.4. The third-order valence-corrected chi connectivity index (χ3v) is 12.2. The quantitative estimate of drug-likeness (QED) is 0.243. The maximum atomic E-state index is 17.0. The monoisotopic (exact) mass is 639 g/mol. The van der Waals surface area contributed by atoms with Gasteiger partial charge in [0.25, 0.3) is 0 Å². The van der Waals surface area contributed by atoms with Crippen molar-refractivity contribution in [2.24, 2.45) is 5.92 Å². The molecule has 5 fully saturated rings. The minimum Gasteiger partial charge on any atom is -0.461 e. The second-order valence-corrected chi connectivity index (χ2v) is 15.1. The zero-order valence-electron chi connectivity index (χ0n) is 25.5. The first-order valence-corrected chi connectivity index (χ1v) is 17.1. The summed E-state index contributed by atoms with van der Waals surface area (Å²) in [7, 11) is 0. The molecule has 236 valence electrons. The summed E-state index contributed by atoms with van der Waals surface area (Å²) >= 11 is 1.23. The van der Waals surface area contributed by atoms with Crippen LogP contribution in [0.15, 0.2) is 36.4 Å². The topological polar surface area (TPSA) is 103 Å². The van der Waals surface area contributed by atoms with E-state index in [0.717, 1.165) is 51.7 Å². The molecule has 46 heavy (non-hydrogen) atoms. The highest BCUT2D eigenvalue weighted by molar-refractivity contribution is 7.23. The van der Waals surface area contributed by atoms with Gasteiger partial charge in [0.2, 0.25) is 0 Å². The van der Waals surface area contributed by atoms with Crippen molar-refractivity contribution in [1.82, 2.24) is 20.2 Å². The Balaban J connectivity index is 1.20. The fraction of sp³-hybridized carbons (Fsp3) is 0.457. The summed E-state index contributed by atoms with van der Waals surface area (Å²) in [6.45, 7) is 7.89. The van der Waals surface area contributed by atoms with Crippen molar-refractivity contribution < 1.29 is 13.5 Å². The highest BCUT2D eigenvalue weighted by atomic mass is 32.1. The zero-order chi connectivity index (χ0) is 31.4. The Kier molecular flexibility index (Phi) is 6.21.